The van der Waals surface area contributed by atoms with E-state index < -0.39 is 0 Å². The summed E-state index contributed by atoms with van der Waals surface area (Å²) >= 11 is 0. The fourth-order valence-corrected chi connectivity index (χ4v) is 3.49. The molecular formula is C12H22O2. The van der Waals surface area contributed by atoms with Gasteiger partial charge in [0.25, 0.3) is 0 Å². The van der Waals surface area contributed by atoms with E-state index in [1.807, 2.05) is 0 Å². The van der Waals surface area contributed by atoms with Gasteiger partial charge in [-0.05, 0) is 49.4 Å². The van der Waals surface area contributed by atoms with Gasteiger partial charge in [-0.1, -0.05) is 13.3 Å². The van der Waals surface area contributed by atoms with Gasteiger partial charge in [0, 0.05) is 6.61 Å². The molecule has 2 saturated carbocycles. The van der Waals surface area contributed by atoms with Crippen LogP contribution < -0.4 is 0 Å². The van der Waals surface area contributed by atoms with Crippen molar-refractivity contribution in [2.75, 3.05) is 6.61 Å². The van der Waals surface area contributed by atoms with Crippen LogP contribution >= 0.6 is 0 Å². The van der Waals surface area contributed by atoms with Crippen molar-refractivity contribution in [2.45, 2.75) is 51.6 Å². The summed E-state index contributed by atoms with van der Waals surface area (Å²) in [6.45, 7) is 2.63. The number of hydrogen-bond donors (Lipinski definition) is 2. The van der Waals surface area contributed by atoms with Gasteiger partial charge in [0.1, 0.15) is 0 Å². The van der Waals surface area contributed by atoms with Gasteiger partial charge in [0.15, 0.2) is 0 Å². The smallest absolute Gasteiger partial charge is 0.0573 e. The lowest BCUT2D eigenvalue weighted by Gasteiger charge is -2.49. The van der Waals surface area contributed by atoms with Gasteiger partial charge in [-0.25, -0.2) is 0 Å². The average Bonchev–Trinajstić information content (AvgIpc) is 2.17. The number of aliphatic hydroxyl groups excluding tert-OH is 2. The molecule has 0 aliphatic heterocycles. The van der Waals surface area contributed by atoms with Gasteiger partial charge < -0.3 is 10.2 Å². The van der Waals surface area contributed by atoms with E-state index in [2.05, 4.69) is 6.92 Å². The Morgan fingerprint density at radius 2 is 2.07 bits per heavy atom. The normalized spacial score (nSPS) is 48.6. The van der Waals surface area contributed by atoms with Crippen LogP contribution in [0.1, 0.15) is 45.4 Å². The summed E-state index contributed by atoms with van der Waals surface area (Å²) in [5, 5.41) is 19.2. The molecule has 0 heterocycles. The summed E-state index contributed by atoms with van der Waals surface area (Å²) in [6.07, 6.45) is 6.69. The Bertz CT molecular complexity index is 204. The van der Waals surface area contributed by atoms with E-state index in [1.165, 1.54) is 19.3 Å². The lowest BCUT2D eigenvalue weighted by Crippen LogP contribution is -2.44. The molecule has 0 aromatic rings. The van der Waals surface area contributed by atoms with E-state index in [4.69, 9.17) is 5.11 Å². The number of rotatable bonds is 1. The van der Waals surface area contributed by atoms with Crippen LogP contribution in [0.5, 0.6) is 0 Å². The van der Waals surface area contributed by atoms with Crippen LogP contribution in [-0.4, -0.2) is 22.9 Å². The predicted molar refractivity (Wildman–Crippen MR) is 55.9 cm³/mol. The molecule has 4 atom stereocenters. The van der Waals surface area contributed by atoms with E-state index in [0.29, 0.717) is 23.9 Å². The van der Waals surface area contributed by atoms with Crippen LogP contribution in [0.3, 0.4) is 0 Å². The van der Waals surface area contributed by atoms with Crippen LogP contribution in [0, 0.1) is 17.3 Å². The van der Waals surface area contributed by atoms with Crippen molar-refractivity contribution in [3.63, 3.8) is 0 Å². The van der Waals surface area contributed by atoms with Crippen molar-refractivity contribution >= 4 is 0 Å². The fourth-order valence-electron chi connectivity index (χ4n) is 3.49. The van der Waals surface area contributed by atoms with Crippen molar-refractivity contribution in [1.82, 2.24) is 0 Å². The molecule has 0 radical (unpaired) electrons. The van der Waals surface area contributed by atoms with E-state index >= 15 is 0 Å². The minimum atomic E-state index is -0.108. The summed E-state index contributed by atoms with van der Waals surface area (Å²) in [7, 11) is 0. The maximum atomic E-state index is 10.0. The lowest BCUT2D eigenvalue weighted by atomic mass is 9.57. The molecule has 14 heavy (non-hydrogen) atoms. The van der Waals surface area contributed by atoms with Gasteiger partial charge in [0.05, 0.1) is 6.10 Å². The molecule has 0 amide bonds. The van der Waals surface area contributed by atoms with Crippen LogP contribution in [0.2, 0.25) is 0 Å². The van der Waals surface area contributed by atoms with E-state index in [1.54, 1.807) is 0 Å². The first kappa shape index (κ1) is 10.4. The molecule has 0 bridgehead atoms. The maximum absolute atomic E-state index is 10.0. The second-order valence-electron chi connectivity index (χ2n) is 5.54. The minimum absolute atomic E-state index is 0.108. The molecule has 82 valence electrons. The van der Waals surface area contributed by atoms with Crippen molar-refractivity contribution in [3.8, 4) is 0 Å². The number of fused-ring (bicyclic) bond motifs is 1. The average molecular weight is 198 g/mol. The van der Waals surface area contributed by atoms with Crippen LogP contribution in [0.25, 0.3) is 0 Å². The molecule has 2 N–H and O–H groups in total. The fraction of sp³-hybridized carbons (Fsp3) is 1.00. The van der Waals surface area contributed by atoms with Gasteiger partial charge in [-0.3, -0.25) is 0 Å². The molecule has 0 spiro atoms. The molecule has 2 fully saturated rings. The third kappa shape index (κ3) is 1.70. The topological polar surface area (TPSA) is 40.5 Å². The van der Waals surface area contributed by atoms with E-state index in [-0.39, 0.29) is 6.10 Å². The first-order chi connectivity index (χ1) is 6.65. The van der Waals surface area contributed by atoms with Gasteiger partial charge >= 0.3 is 0 Å². The molecule has 2 nitrogen and oxygen atoms in total. The minimum Gasteiger partial charge on any atom is -0.396 e. The Morgan fingerprint density at radius 1 is 1.29 bits per heavy atom. The predicted octanol–water partition coefficient (Wildman–Crippen LogP) is 1.95. The Hall–Kier alpha value is -0.0800. The summed E-state index contributed by atoms with van der Waals surface area (Å²) in [4.78, 5) is 0. The number of aliphatic hydroxyl groups is 2. The van der Waals surface area contributed by atoms with Crippen molar-refractivity contribution in [2.24, 2.45) is 17.3 Å². The van der Waals surface area contributed by atoms with E-state index in [0.717, 1.165) is 19.3 Å². The second kappa shape index (κ2) is 3.82. The zero-order chi connectivity index (χ0) is 10.2. The SMILES string of the molecule is C[C@]12CCC[C@H](O)[C@H]1C[C@H](CO)CC2. The summed E-state index contributed by atoms with van der Waals surface area (Å²) in [6, 6.07) is 0. The second-order valence-corrected chi connectivity index (χ2v) is 5.54. The highest BCUT2D eigenvalue weighted by molar-refractivity contribution is 4.95. The Kier molecular flexibility index (Phi) is 2.85. The van der Waals surface area contributed by atoms with Crippen molar-refractivity contribution < 1.29 is 10.2 Å². The van der Waals surface area contributed by atoms with Gasteiger partial charge in [-0.2, -0.15) is 0 Å². The number of hydrogen-bond acceptors (Lipinski definition) is 2. The summed E-state index contributed by atoms with van der Waals surface area (Å²) in [5.74, 6) is 0.892. The highest BCUT2D eigenvalue weighted by Gasteiger charge is 2.45. The van der Waals surface area contributed by atoms with Crippen molar-refractivity contribution in [3.05, 3.63) is 0 Å². The first-order valence-corrected chi connectivity index (χ1v) is 5.94. The van der Waals surface area contributed by atoms with Crippen LogP contribution in [-0.2, 0) is 0 Å². The molecule has 2 rings (SSSR count). The Labute approximate surface area is 86.3 Å². The standard InChI is InChI=1S/C12H22O2/c1-12-5-2-3-11(14)10(12)7-9(8-13)4-6-12/h9-11,13-14H,2-8H2,1H3/t9-,10-,11+,12-/m1/s1. The van der Waals surface area contributed by atoms with Crippen LogP contribution in [0.15, 0.2) is 0 Å². The zero-order valence-electron chi connectivity index (χ0n) is 9.08. The van der Waals surface area contributed by atoms with Gasteiger partial charge in [0.2, 0.25) is 0 Å². The molecule has 0 unspecified atom stereocenters. The third-order valence-electron chi connectivity index (χ3n) is 4.58. The Morgan fingerprint density at radius 3 is 2.79 bits per heavy atom. The molecule has 0 saturated heterocycles. The molecule has 2 aliphatic rings. The maximum Gasteiger partial charge on any atom is 0.0573 e. The Balaban J connectivity index is 2.09. The molecule has 2 aliphatic carbocycles. The van der Waals surface area contributed by atoms with Crippen LogP contribution in [0.4, 0.5) is 0 Å². The van der Waals surface area contributed by atoms with Gasteiger partial charge in [-0.15, -0.1) is 0 Å². The first-order valence-electron chi connectivity index (χ1n) is 5.94. The highest BCUT2D eigenvalue weighted by Crippen LogP contribution is 2.51. The quantitative estimate of drug-likeness (QED) is 0.676. The summed E-state index contributed by atoms with van der Waals surface area (Å²) < 4.78 is 0. The zero-order valence-corrected chi connectivity index (χ0v) is 9.08. The lowest BCUT2D eigenvalue weighted by molar-refractivity contribution is -0.0642. The highest BCUT2D eigenvalue weighted by atomic mass is 16.3. The van der Waals surface area contributed by atoms with E-state index in [9.17, 15) is 5.11 Å². The molecular weight excluding hydrogens is 176 g/mol. The largest absolute Gasteiger partial charge is 0.396 e. The summed E-state index contributed by atoms with van der Waals surface area (Å²) in [5.41, 5.74) is 0.364. The molecule has 2 heteroatoms. The molecule has 0 aromatic heterocycles. The molecule has 0 aromatic carbocycles. The monoisotopic (exact) mass is 198 g/mol. The van der Waals surface area contributed by atoms with Crippen molar-refractivity contribution in [1.29, 1.82) is 0 Å². The third-order valence-corrected chi connectivity index (χ3v) is 4.58.